The Bertz CT molecular complexity index is 1370. The Balaban J connectivity index is 1.50. The van der Waals surface area contributed by atoms with E-state index in [0.29, 0.717) is 34.2 Å². The quantitative estimate of drug-likeness (QED) is 0.388. The molecule has 174 valence electrons. The third-order valence-electron chi connectivity index (χ3n) is 4.70. The molecule has 0 radical (unpaired) electrons. The SMILES string of the molecule is COc1ccc(OC)c(-c2cc(C(=O)Nc3nc(-c4ccc(NC(C)=O)cc4F)cs3)no2)c1. The average Bonchev–Trinajstić information content (AvgIpc) is 3.48. The van der Waals surface area contributed by atoms with E-state index in [-0.39, 0.29) is 22.3 Å². The van der Waals surface area contributed by atoms with Crippen LogP contribution in [0.3, 0.4) is 0 Å². The van der Waals surface area contributed by atoms with Crippen LogP contribution in [0.2, 0.25) is 0 Å². The molecule has 4 aromatic rings. The minimum Gasteiger partial charge on any atom is -0.497 e. The minimum absolute atomic E-state index is 0.0301. The molecule has 11 heteroatoms. The summed E-state index contributed by atoms with van der Waals surface area (Å²) in [6, 6.07) is 10.9. The number of benzene rings is 2. The normalized spacial score (nSPS) is 10.6. The lowest BCUT2D eigenvalue weighted by molar-refractivity contribution is -0.114. The first-order chi connectivity index (χ1) is 16.4. The van der Waals surface area contributed by atoms with E-state index < -0.39 is 11.7 Å². The van der Waals surface area contributed by atoms with Crippen LogP contribution in [0.25, 0.3) is 22.6 Å². The number of amides is 2. The van der Waals surface area contributed by atoms with Crippen LogP contribution in [0.5, 0.6) is 11.5 Å². The first-order valence-corrected chi connectivity index (χ1v) is 10.8. The van der Waals surface area contributed by atoms with Gasteiger partial charge >= 0.3 is 0 Å². The lowest BCUT2D eigenvalue weighted by atomic mass is 10.1. The van der Waals surface area contributed by atoms with Gasteiger partial charge in [-0.2, -0.15) is 0 Å². The molecule has 4 rings (SSSR count). The number of anilines is 2. The zero-order valence-corrected chi connectivity index (χ0v) is 19.2. The molecule has 34 heavy (non-hydrogen) atoms. The number of carbonyl (C=O) groups is 2. The van der Waals surface area contributed by atoms with Gasteiger partial charge in [-0.05, 0) is 36.4 Å². The summed E-state index contributed by atoms with van der Waals surface area (Å²) < 4.78 is 30.4. The number of nitrogens with zero attached hydrogens (tertiary/aromatic N) is 2. The summed E-state index contributed by atoms with van der Waals surface area (Å²) in [7, 11) is 3.06. The molecule has 0 saturated heterocycles. The molecule has 0 fully saturated rings. The van der Waals surface area contributed by atoms with Crippen molar-refractivity contribution in [2.75, 3.05) is 24.9 Å². The summed E-state index contributed by atoms with van der Waals surface area (Å²) in [5.41, 5.74) is 1.52. The lowest BCUT2D eigenvalue weighted by Gasteiger charge is -2.07. The van der Waals surface area contributed by atoms with Crippen molar-refractivity contribution in [3.8, 4) is 34.1 Å². The maximum Gasteiger partial charge on any atom is 0.279 e. The maximum absolute atomic E-state index is 14.5. The summed E-state index contributed by atoms with van der Waals surface area (Å²) in [5.74, 6) is 0.0432. The van der Waals surface area contributed by atoms with Crippen LogP contribution in [0.15, 0.2) is 52.4 Å². The van der Waals surface area contributed by atoms with Crippen molar-refractivity contribution >= 4 is 34.0 Å². The van der Waals surface area contributed by atoms with Crippen molar-refractivity contribution in [1.82, 2.24) is 10.1 Å². The number of aromatic nitrogens is 2. The van der Waals surface area contributed by atoms with E-state index in [1.165, 1.54) is 39.3 Å². The van der Waals surface area contributed by atoms with Crippen LogP contribution < -0.4 is 20.1 Å². The summed E-state index contributed by atoms with van der Waals surface area (Å²) in [5, 5.41) is 10.9. The Morgan fingerprint density at radius 1 is 1.03 bits per heavy atom. The Kier molecular flexibility index (Phi) is 6.55. The number of nitrogens with one attached hydrogen (secondary N) is 2. The number of halogens is 1. The van der Waals surface area contributed by atoms with Crippen LogP contribution in [-0.4, -0.2) is 36.2 Å². The molecule has 0 aliphatic rings. The predicted molar refractivity (Wildman–Crippen MR) is 125 cm³/mol. The van der Waals surface area contributed by atoms with Crippen molar-refractivity contribution in [3.63, 3.8) is 0 Å². The van der Waals surface area contributed by atoms with E-state index in [4.69, 9.17) is 14.0 Å². The summed E-state index contributed by atoms with van der Waals surface area (Å²) in [6.07, 6.45) is 0. The molecule has 2 aromatic heterocycles. The van der Waals surface area contributed by atoms with Gasteiger partial charge in [-0.1, -0.05) is 5.16 Å². The molecule has 2 aromatic carbocycles. The van der Waals surface area contributed by atoms with Gasteiger partial charge in [0.1, 0.15) is 17.3 Å². The maximum atomic E-state index is 14.5. The van der Waals surface area contributed by atoms with Gasteiger partial charge in [0.15, 0.2) is 16.6 Å². The predicted octanol–water partition coefficient (Wildman–Crippen LogP) is 4.83. The molecule has 2 heterocycles. The third-order valence-corrected chi connectivity index (χ3v) is 5.46. The van der Waals surface area contributed by atoms with Crippen LogP contribution >= 0.6 is 11.3 Å². The zero-order chi connectivity index (χ0) is 24.2. The highest BCUT2D eigenvalue weighted by Gasteiger charge is 2.19. The fraction of sp³-hybridized carbons (Fsp3) is 0.130. The van der Waals surface area contributed by atoms with Crippen molar-refractivity contribution in [3.05, 3.63) is 59.4 Å². The second-order valence-corrected chi connectivity index (χ2v) is 7.87. The fourth-order valence-electron chi connectivity index (χ4n) is 3.14. The topological polar surface area (TPSA) is 116 Å². The molecule has 0 atom stereocenters. The van der Waals surface area contributed by atoms with Crippen LogP contribution in [0.4, 0.5) is 15.2 Å². The zero-order valence-electron chi connectivity index (χ0n) is 18.3. The molecule has 0 bridgehead atoms. The van der Waals surface area contributed by atoms with Gasteiger partial charge in [0.2, 0.25) is 5.91 Å². The third kappa shape index (κ3) is 4.89. The molecule has 9 nitrogen and oxygen atoms in total. The number of ether oxygens (including phenoxy) is 2. The van der Waals surface area contributed by atoms with E-state index in [1.807, 2.05) is 0 Å². The fourth-order valence-corrected chi connectivity index (χ4v) is 3.84. The van der Waals surface area contributed by atoms with Gasteiger partial charge in [-0.25, -0.2) is 9.37 Å². The largest absolute Gasteiger partial charge is 0.497 e. The molecule has 0 aliphatic carbocycles. The first-order valence-electron chi connectivity index (χ1n) is 9.91. The van der Waals surface area contributed by atoms with Gasteiger partial charge in [0, 0.05) is 29.6 Å². The highest BCUT2D eigenvalue weighted by atomic mass is 32.1. The van der Waals surface area contributed by atoms with Crippen molar-refractivity contribution in [1.29, 1.82) is 0 Å². The van der Waals surface area contributed by atoms with Gasteiger partial charge in [0.05, 0.1) is 25.5 Å². The van der Waals surface area contributed by atoms with Crippen molar-refractivity contribution in [2.24, 2.45) is 0 Å². The standard InChI is InChI=1S/C23H19FN4O5S/c1-12(29)25-13-4-6-15(17(24)8-13)19-11-34-23(26-19)27-22(30)18-10-21(33-28-18)16-9-14(31-2)5-7-20(16)32-3/h4-11H,1-3H3,(H,25,29)(H,26,27,30). The highest BCUT2D eigenvalue weighted by molar-refractivity contribution is 7.14. The Morgan fingerprint density at radius 2 is 1.85 bits per heavy atom. The smallest absolute Gasteiger partial charge is 0.279 e. The number of hydrogen-bond donors (Lipinski definition) is 2. The second kappa shape index (κ2) is 9.71. The van der Waals surface area contributed by atoms with Crippen LogP contribution in [0, 0.1) is 5.82 Å². The van der Waals surface area contributed by atoms with Gasteiger partial charge in [0.25, 0.3) is 5.91 Å². The molecule has 0 saturated carbocycles. The Hall–Kier alpha value is -4.25. The molecule has 0 aliphatic heterocycles. The monoisotopic (exact) mass is 482 g/mol. The van der Waals surface area contributed by atoms with Crippen LogP contribution in [0.1, 0.15) is 17.4 Å². The number of carbonyl (C=O) groups excluding carboxylic acids is 2. The summed E-state index contributed by atoms with van der Waals surface area (Å²) in [6.45, 7) is 1.34. The molecular formula is C23H19FN4O5S. The van der Waals surface area contributed by atoms with Gasteiger partial charge < -0.3 is 19.3 Å². The number of rotatable bonds is 7. The molecule has 2 amide bonds. The van der Waals surface area contributed by atoms with E-state index in [1.54, 1.807) is 29.6 Å². The second-order valence-electron chi connectivity index (χ2n) is 7.01. The average molecular weight is 482 g/mol. The number of methoxy groups -OCH3 is 2. The Morgan fingerprint density at radius 3 is 2.56 bits per heavy atom. The van der Waals surface area contributed by atoms with Gasteiger partial charge in [-0.3, -0.25) is 14.9 Å². The lowest BCUT2D eigenvalue weighted by Crippen LogP contribution is -2.11. The van der Waals surface area contributed by atoms with E-state index in [2.05, 4.69) is 20.8 Å². The first kappa shape index (κ1) is 22.9. The number of thiazole rings is 1. The molecule has 2 N–H and O–H groups in total. The minimum atomic E-state index is -0.553. The van der Waals surface area contributed by atoms with Crippen LogP contribution in [-0.2, 0) is 4.79 Å². The van der Waals surface area contributed by atoms with E-state index >= 15 is 0 Å². The van der Waals surface area contributed by atoms with E-state index in [9.17, 15) is 14.0 Å². The number of hydrogen-bond acceptors (Lipinski definition) is 8. The van der Waals surface area contributed by atoms with Gasteiger partial charge in [-0.15, -0.1) is 11.3 Å². The Labute approximate surface area is 197 Å². The summed E-state index contributed by atoms with van der Waals surface area (Å²) >= 11 is 1.13. The molecule has 0 spiro atoms. The van der Waals surface area contributed by atoms with E-state index in [0.717, 1.165) is 11.3 Å². The van der Waals surface area contributed by atoms with Crippen molar-refractivity contribution < 1.29 is 28.0 Å². The molecular weight excluding hydrogens is 463 g/mol. The highest BCUT2D eigenvalue weighted by Crippen LogP contribution is 2.34. The van der Waals surface area contributed by atoms with Crippen molar-refractivity contribution in [2.45, 2.75) is 6.92 Å². The molecule has 0 unspecified atom stereocenters. The summed E-state index contributed by atoms with van der Waals surface area (Å²) in [4.78, 5) is 28.1.